The topological polar surface area (TPSA) is 53.0 Å². The minimum atomic E-state index is -0.750. The van der Waals surface area contributed by atoms with Gasteiger partial charge in [-0.25, -0.2) is 0 Å². The van der Waals surface area contributed by atoms with Gasteiger partial charge in [0.25, 0.3) is 0 Å². The van der Waals surface area contributed by atoms with Crippen molar-refractivity contribution in [2.45, 2.75) is 0 Å². The Balaban J connectivity index is 0.000000213. The fraction of sp³-hybridized carbons (Fsp3) is 0. The number of halogens is 2. The molecule has 0 spiro atoms. The normalized spacial score (nSPS) is 10.3. The summed E-state index contributed by atoms with van der Waals surface area (Å²) in [5.41, 5.74) is 0. The molecule has 12 heavy (non-hydrogen) atoms. The molecule has 1 heterocycles. The van der Waals surface area contributed by atoms with E-state index in [0.717, 1.165) is 11.5 Å². The zero-order chi connectivity index (χ0) is 9.14. The Morgan fingerprint density at radius 2 is 1.83 bits per heavy atom. The third-order valence-electron chi connectivity index (χ3n) is 1.14. The summed E-state index contributed by atoms with van der Waals surface area (Å²) in [7, 11) is -0.750. The van der Waals surface area contributed by atoms with E-state index >= 15 is 0 Å². The Morgan fingerprint density at radius 3 is 2.33 bits per heavy atom. The molecule has 1 aliphatic heterocycles. The van der Waals surface area contributed by atoms with Gasteiger partial charge in [0.15, 0.2) is 11.5 Å². The third-order valence-corrected chi connectivity index (χ3v) is 1.64. The van der Waals surface area contributed by atoms with Crippen molar-refractivity contribution in [3.05, 3.63) is 22.2 Å². The van der Waals surface area contributed by atoms with Crippen molar-refractivity contribution in [1.82, 2.24) is 0 Å². The predicted octanol–water partition coefficient (Wildman–Crippen LogP) is 1.34. The molecule has 0 saturated carbocycles. The van der Waals surface area contributed by atoms with Crippen LogP contribution in [0.15, 0.2) is 12.1 Å². The maximum absolute atomic E-state index is 7.12. The van der Waals surface area contributed by atoms with E-state index < -0.39 is 7.69 Å². The van der Waals surface area contributed by atoms with Gasteiger partial charge in [-0.3, -0.25) is 0 Å². The average molecular weight is 207 g/mol. The van der Waals surface area contributed by atoms with Crippen LogP contribution < -0.4 is 4.74 Å². The fourth-order valence-corrected chi connectivity index (χ4v) is 1.21. The summed E-state index contributed by atoms with van der Waals surface area (Å²) in [5.74, 6) is 1.56. The van der Waals surface area contributed by atoms with Crippen molar-refractivity contribution in [1.29, 1.82) is 0 Å². The third kappa shape index (κ3) is 2.28. The number of benzene rings is 1. The largest absolute Gasteiger partial charge is 0.448 e. The van der Waals surface area contributed by atoms with Crippen molar-refractivity contribution in [2.24, 2.45) is 0 Å². The highest BCUT2D eigenvalue weighted by Crippen LogP contribution is 2.51. The van der Waals surface area contributed by atoms with Crippen molar-refractivity contribution < 1.29 is 14.8 Å². The summed E-state index contributed by atoms with van der Waals surface area (Å²) in [5, 5.41) is 15.5. The molecule has 3 nitrogen and oxygen atoms in total. The summed E-state index contributed by atoms with van der Waals surface area (Å²) in [6.07, 6.45) is 0. The molecule has 0 fully saturated rings. The summed E-state index contributed by atoms with van der Waals surface area (Å²) in [6, 6.07) is 3.40. The molecule has 0 bridgehead atoms. The summed E-state index contributed by atoms with van der Waals surface area (Å²) < 4.78 is 4.93. The summed E-state index contributed by atoms with van der Waals surface area (Å²) in [4.78, 5) is 0. The van der Waals surface area contributed by atoms with Crippen LogP contribution in [0.2, 0.25) is 10.0 Å². The van der Waals surface area contributed by atoms with Crippen LogP contribution in [0.25, 0.3) is 0 Å². The minimum absolute atomic E-state index is 0.595. The number of fused-ring (bicyclic) bond motifs is 1. The van der Waals surface area contributed by atoms with Crippen LogP contribution in [-0.2, 0) is 0 Å². The molecule has 0 saturated heterocycles. The molecule has 0 amide bonds. The zero-order valence-corrected chi connectivity index (χ0v) is 7.43. The van der Waals surface area contributed by atoms with Crippen LogP contribution in [0, 0.1) is 0 Å². The molecule has 2 N–H and O–H groups in total. The lowest BCUT2D eigenvalue weighted by atomic mass is 10.4. The molecule has 1 aromatic carbocycles. The number of hydrogen-bond acceptors (Lipinski definition) is 3. The predicted molar refractivity (Wildman–Crippen MR) is 48.1 cm³/mol. The Hall–Kier alpha value is -0.415. The molecular weight excluding hydrogens is 202 g/mol. The first kappa shape index (κ1) is 9.67. The maximum Gasteiger partial charge on any atom is 0.432 e. The molecule has 1 aliphatic rings. The summed E-state index contributed by atoms with van der Waals surface area (Å²) >= 11 is 11.3. The van der Waals surface area contributed by atoms with E-state index in [0.29, 0.717) is 10.0 Å². The fourth-order valence-electron chi connectivity index (χ4n) is 0.699. The Bertz CT molecular complexity index is 292. The Morgan fingerprint density at radius 1 is 1.25 bits per heavy atom. The number of ether oxygens (including phenoxy) is 1. The van der Waals surface area contributed by atoms with E-state index in [1.54, 1.807) is 12.1 Å². The van der Waals surface area contributed by atoms with E-state index in [1.165, 1.54) is 0 Å². The standard InChI is InChI=1S/C6H2Cl2O.BH3O2/c7-3-1-4(8)6-5(2-3)9-6;2-1-3/h1-2H;1-3H. The SMILES string of the molecule is Clc1cc(Cl)c2c(c1)O2.OBO. The molecular formula is C6H5BCl2O3. The highest BCUT2D eigenvalue weighted by Gasteiger charge is 2.24. The molecule has 1 aromatic rings. The zero-order valence-electron chi connectivity index (χ0n) is 5.92. The van der Waals surface area contributed by atoms with Gasteiger partial charge in [0, 0.05) is 11.1 Å². The number of rotatable bonds is 0. The Kier molecular flexibility index (Phi) is 3.23. The van der Waals surface area contributed by atoms with E-state index in [-0.39, 0.29) is 0 Å². The lowest BCUT2D eigenvalue weighted by molar-refractivity contribution is 0.448. The van der Waals surface area contributed by atoms with Gasteiger partial charge in [-0.1, -0.05) is 23.2 Å². The lowest BCUT2D eigenvalue weighted by Gasteiger charge is -1.81. The monoisotopic (exact) mass is 206 g/mol. The van der Waals surface area contributed by atoms with Crippen molar-refractivity contribution in [3.8, 4) is 11.5 Å². The highest BCUT2D eigenvalue weighted by molar-refractivity contribution is 6.36. The van der Waals surface area contributed by atoms with Gasteiger partial charge in [0.2, 0.25) is 0 Å². The van der Waals surface area contributed by atoms with Gasteiger partial charge in [-0.05, 0) is 6.07 Å². The summed E-state index contributed by atoms with van der Waals surface area (Å²) in [6.45, 7) is 0. The smallest absolute Gasteiger partial charge is 0.432 e. The average Bonchev–Trinajstić information content (AvgIpc) is 2.67. The van der Waals surface area contributed by atoms with Crippen molar-refractivity contribution in [3.63, 3.8) is 0 Å². The second kappa shape index (κ2) is 4.00. The van der Waals surface area contributed by atoms with Crippen molar-refractivity contribution >= 4 is 30.9 Å². The van der Waals surface area contributed by atoms with Gasteiger partial charge in [0.1, 0.15) is 0 Å². The van der Waals surface area contributed by atoms with E-state index in [1.807, 2.05) is 0 Å². The first-order valence-corrected chi connectivity index (χ1v) is 3.83. The van der Waals surface area contributed by atoms with Crippen LogP contribution in [-0.4, -0.2) is 17.7 Å². The van der Waals surface area contributed by atoms with Crippen LogP contribution in [0.5, 0.6) is 11.5 Å². The van der Waals surface area contributed by atoms with Crippen LogP contribution in [0.4, 0.5) is 0 Å². The lowest BCUT2D eigenvalue weighted by Crippen LogP contribution is -1.75. The van der Waals surface area contributed by atoms with E-state index in [4.69, 9.17) is 38.0 Å². The van der Waals surface area contributed by atoms with Gasteiger partial charge in [-0.15, -0.1) is 0 Å². The first-order chi connectivity index (χ1) is 5.69. The molecule has 0 radical (unpaired) electrons. The van der Waals surface area contributed by atoms with Gasteiger partial charge >= 0.3 is 7.69 Å². The molecule has 0 atom stereocenters. The second-order valence-corrected chi connectivity index (χ2v) is 2.80. The first-order valence-electron chi connectivity index (χ1n) is 3.07. The number of hydrogen-bond donors (Lipinski definition) is 2. The van der Waals surface area contributed by atoms with E-state index in [2.05, 4.69) is 0 Å². The molecule has 2 rings (SSSR count). The van der Waals surface area contributed by atoms with Gasteiger partial charge in [0.05, 0.1) is 5.02 Å². The Labute approximate surface area is 79.8 Å². The molecule has 0 aromatic heterocycles. The van der Waals surface area contributed by atoms with E-state index in [9.17, 15) is 0 Å². The molecule has 64 valence electrons. The van der Waals surface area contributed by atoms with Crippen LogP contribution in [0.3, 0.4) is 0 Å². The quantitative estimate of drug-likeness (QED) is 0.506. The highest BCUT2D eigenvalue weighted by atomic mass is 35.5. The van der Waals surface area contributed by atoms with Gasteiger partial charge in [-0.2, -0.15) is 0 Å². The van der Waals surface area contributed by atoms with Gasteiger partial charge < -0.3 is 14.8 Å². The maximum atomic E-state index is 7.12. The van der Waals surface area contributed by atoms with Crippen LogP contribution >= 0.6 is 23.2 Å². The minimum Gasteiger partial charge on any atom is -0.448 e. The molecule has 0 aliphatic carbocycles. The van der Waals surface area contributed by atoms with Crippen molar-refractivity contribution in [2.75, 3.05) is 0 Å². The molecule has 6 heteroatoms. The van der Waals surface area contributed by atoms with Crippen LogP contribution in [0.1, 0.15) is 0 Å². The molecule has 0 unspecified atom stereocenters. The second-order valence-electron chi connectivity index (χ2n) is 1.96.